The number of nitrogens with one attached hydrogen (secondary N) is 1. The van der Waals surface area contributed by atoms with Crippen molar-refractivity contribution < 1.29 is 23.9 Å². The number of amides is 3. The fraction of sp³-hybridized carbons (Fsp3) is 0.182. The summed E-state index contributed by atoms with van der Waals surface area (Å²) in [6.45, 7) is 6.18. The summed E-state index contributed by atoms with van der Waals surface area (Å²) in [7, 11) is 0. The summed E-state index contributed by atoms with van der Waals surface area (Å²) in [5, 5.41) is 4.61. The third-order valence-electron chi connectivity index (χ3n) is 6.60. The van der Waals surface area contributed by atoms with Gasteiger partial charge in [-0.1, -0.05) is 60.2 Å². The summed E-state index contributed by atoms with van der Waals surface area (Å²) in [4.78, 5) is 39.5. The largest absolute Gasteiger partial charge is 0.490 e. The number of rotatable bonds is 9. The van der Waals surface area contributed by atoms with Crippen molar-refractivity contribution in [1.29, 1.82) is 0 Å². The molecule has 1 saturated heterocycles. The van der Waals surface area contributed by atoms with Gasteiger partial charge in [-0.15, -0.1) is 0 Å². The molecule has 0 spiro atoms. The van der Waals surface area contributed by atoms with E-state index in [-0.39, 0.29) is 11.4 Å². The summed E-state index contributed by atoms with van der Waals surface area (Å²) < 4.78 is 11.9. The van der Waals surface area contributed by atoms with Crippen molar-refractivity contribution in [3.63, 3.8) is 0 Å². The number of hydrogen-bond donors (Lipinski definition) is 1. The highest BCUT2D eigenvalue weighted by Crippen LogP contribution is 2.35. The first-order valence-corrected chi connectivity index (χ1v) is 14.1. The highest BCUT2D eigenvalue weighted by atomic mass is 32.2. The molecule has 41 heavy (non-hydrogen) atoms. The lowest BCUT2D eigenvalue weighted by atomic mass is 10.1. The Morgan fingerprint density at radius 2 is 1.71 bits per heavy atom. The molecular weight excluding hydrogens is 536 g/mol. The Balaban J connectivity index is 1.27. The van der Waals surface area contributed by atoms with Gasteiger partial charge in [0, 0.05) is 5.69 Å². The molecule has 0 radical (unpaired) electrons. The Labute approximate surface area is 243 Å². The fourth-order valence-corrected chi connectivity index (χ4v) is 5.40. The molecule has 7 nitrogen and oxygen atoms in total. The number of fused-ring (bicyclic) bond motifs is 1. The molecule has 1 fully saturated rings. The molecule has 4 aromatic rings. The number of carbonyl (C=O) groups is 3. The van der Waals surface area contributed by atoms with Crippen molar-refractivity contribution in [2.24, 2.45) is 0 Å². The number of nitrogens with zero attached hydrogens (tertiary/aromatic N) is 1. The van der Waals surface area contributed by atoms with E-state index < -0.39 is 17.1 Å². The van der Waals surface area contributed by atoms with E-state index in [1.165, 1.54) is 5.39 Å². The van der Waals surface area contributed by atoms with Crippen LogP contribution in [0.4, 0.5) is 10.5 Å². The zero-order valence-corrected chi connectivity index (χ0v) is 23.9. The number of carbonyl (C=O) groups excluding carboxylic acids is 3. The number of hydrogen-bond acceptors (Lipinski definition) is 6. The van der Waals surface area contributed by atoms with Crippen LogP contribution in [0.15, 0.2) is 83.8 Å². The minimum absolute atomic E-state index is 0.238. The number of benzene rings is 4. The van der Waals surface area contributed by atoms with Crippen LogP contribution in [-0.2, 0) is 16.2 Å². The van der Waals surface area contributed by atoms with Gasteiger partial charge in [-0.2, -0.15) is 0 Å². The average molecular weight is 567 g/mol. The van der Waals surface area contributed by atoms with Gasteiger partial charge < -0.3 is 14.8 Å². The summed E-state index contributed by atoms with van der Waals surface area (Å²) in [6, 6.07) is 25.4. The van der Waals surface area contributed by atoms with Gasteiger partial charge in [0.2, 0.25) is 5.91 Å². The Hall–Kier alpha value is -4.56. The lowest BCUT2D eigenvalue weighted by Gasteiger charge is -2.14. The second-order valence-corrected chi connectivity index (χ2v) is 10.7. The predicted octanol–water partition coefficient (Wildman–Crippen LogP) is 7.11. The number of imide groups is 1. The number of thioether (sulfide) groups is 1. The van der Waals surface area contributed by atoms with E-state index in [9.17, 15) is 14.4 Å². The molecule has 0 aromatic heterocycles. The van der Waals surface area contributed by atoms with Crippen LogP contribution < -0.4 is 14.8 Å². The Bertz CT molecular complexity index is 1680. The number of ether oxygens (including phenoxy) is 2. The van der Waals surface area contributed by atoms with E-state index in [2.05, 4.69) is 29.6 Å². The molecule has 8 heteroatoms. The first kappa shape index (κ1) is 28.0. The minimum atomic E-state index is -0.509. The normalized spacial score (nSPS) is 14.1. The van der Waals surface area contributed by atoms with Crippen molar-refractivity contribution in [3.05, 3.63) is 106 Å². The highest BCUT2D eigenvalue weighted by molar-refractivity contribution is 8.18. The maximum absolute atomic E-state index is 13.0. The standard InChI is InChI=1S/C33H30N2O5S/c1-4-39-29-17-23(11-14-28(29)40-20-24-10-12-25-7-5-6-8-26(25)16-24)18-30-32(37)35(33(38)41-30)19-31(36)34-27-13-9-21(2)15-22(27)3/h5-18H,4,19-20H2,1-3H3,(H,34,36)/b30-18+. The lowest BCUT2D eigenvalue weighted by Crippen LogP contribution is -2.36. The van der Waals surface area contributed by atoms with Gasteiger partial charge in [-0.25, -0.2) is 0 Å². The quantitative estimate of drug-likeness (QED) is 0.217. The van der Waals surface area contributed by atoms with Gasteiger partial charge in [0.05, 0.1) is 11.5 Å². The summed E-state index contributed by atoms with van der Waals surface area (Å²) in [6.07, 6.45) is 1.63. The molecule has 3 amide bonds. The molecule has 0 aliphatic carbocycles. The Kier molecular flexibility index (Phi) is 8.40. The average Bonchev–Trinajstić information content (AvgIpc) is 3.21. The maximum atomic E-state index is 13.0. The van der Waals surface area contributed by atoms with Crippen LogP contribution in [0.25, 0.3) is 16.8 Å². The monoisotopic (exact) mass is 566 g/mol. The van der Waals surface area contributed by atoms with Gasteiger partial charge in [0.25, 0.3) is 11.1 Å². The van der Waals surface area contributed by atoms with E-state index in [0.29, 0.717) is 36.0 Å². The zero-order chi connectivity index (χ0) is 28.9. The lowest BCUT2D eigenvalue weighted by molar-refractivity contribution is -0.127. The molecule has 1 aliphatic rings. The number of anilines is 1. The topological polar surface area (TPSA) is 84.9 Å². The van der Waals surface area contributed by atoms with Crippen LogP contribution in [0, 0.1) is 13.8 Å². The van der Waals surface area contributed by atoms with Crippen molar-refractivity contribution in [1.82, 2.24) is 4.90 Å². The van der Waals surface area contributed by atoms with Crippen LogP contribution in [0.2, 0.25) is 0 Å². The van der Waals surface area contributed by atoms with Gasteiger partial charge in [-0.05, 0) is 90.3 Å². The maximum Gasteiger partial charge on any atom is 0.294 e. The van der Waals surface area contributed by atoms with Gasteiger partial charge in [-0.3, -0.25) is 19.3 Å². The first-order chi connectivity index (χ1) is 19.8. The molecule has 0 bridgehead atoms. The highest BCUT2D eigenvalue weighted by Gasteiger charge is 2.36. The molecule has 208 valence electrons. The Morgan fingerprint density at radius 1 is 0.902 bits per heavy atom. The summed E-state index contributed by atoms with van der Waals surface area (Å²) in [5.41, 5.74) is 4.34. The van der Waals surface area contributed by atoms with Gasteiger partial charge in [0.15, 0.2) is 11.5 Å². The fourth-order valence-electron chi connectivity index (χ4n) is 4.57. The van der Waals surface area contributed by atoms with Gasteiger partial charge in [0.1, 0.15) is 13.2 Å². The molecule has 0 unspecified atom stereocenters. The van der Waals surface area contributed by atoms with Crippen LogP contribution >= 0.6 is 11.8 Å². The second kappa shape index (κ2) is 12.3. The molecule has 5 rings (SSSR count). The van der Waals surface area contributed by atoms with Crippen LogP contribution in [0.3, 0.4) is 0 Å². The third-order valence-corrected chi connectivity index (χ3v) is 7.51. The molecule has 4 aromatic carbocycles. The smallest absolute Gasteiger partial charge is 0.294 e. The molecule has 1 N–H and O–H groups in total. The third kappa shape index (κ3) is 6.61. The number of aryl methyl sites for hydroxylation is 2. The van der Waals surface area contributed by atoms with E-state index >= 15 is 0 Å². The molecule has 0 saturated carbocycles. The summed E-state index contributed by atoms with van der Waals surface area (Å²) in [5.74, 6) is 0.167. The van der Waals surface area contributed by atoms with Crippen LogP contribution in [0.5, 0.6) is 11.5 Å². The zero-order valence-electron chi connectivity index (χ0n) is 23.1. The van der Waals surface area contributed by atoms with E-state index in [4.69, 9.17) is 9.47 Å². The molecule has 1 heterocycles. The van der Waals surface area contributed by atoms with Crippen LogP contribution in [-0.4, -0.2) is 35.1 Å². The van der Waals surface area contributed by atoms with E-state index in [1.54, 1.807) is 30.3 Å². The molecule has 0 atom stereocenters. The van der Waals surface area contributed by atoms with Crippen LogP contribution in [0.1, 0.15) is 29.2 Å². The first-order valence-electron chi connectivity index (χ1n) is 13.3. The molecular formula is C33H30N2O5S. The van der Waals surface area contributed by atoms with Crippen molar-refractivity contribution >= 4 is 51.4 Å². The second-order valence-electron chi connectivity index (χ2n) is 9.74. The van der Waals surface area contributed by atoms with Crippen molar-refractivity contribution in [2.75, 3.05) is 18.5 Å². The van der Waals surface area contributed by atoms with Crippen molar-refractivity contribution in [2.45, 2.75) is 27.4 Å². The van der Waals surface area contributed by atoms with E-state index in [1.807, 2.05) is 51.1 Å². The summed E-state index contributed by atoms with van der Waals surface area (Å²) >= 11 is 0.808. The Morgan fingerprint density at radius 3 is 2.49 bits per heavy atom. The van der Waals surface area contributed by atoms with Gasteiger partial charge >= 0.3 is 0 Å². The van der Waals surface area contributed by atoms with E-state index in [0.717, 1.165) is 38.7 Å². The SMILES string of the molecule is CCOc1cc(/C=C2/SC(=O)N(CC(=O)Nc3ccc(C)cc3C)C2=O)ccc1OCc1ccc2ccccc2c1. The predicted molar refractivity (Wildman–Crippen MR) is 163 cm³/mol. The minimum Gasteiger partial charge on any atom is -0.490 e. The molecule has 1 aliphatic heterocycles. The van der Waals surface area contributed by atoms with Crippen molar-refractivity contribution in [3.8, 4) is 11.5 Å².